The molecule has 1 aliphatic carbocycles. The van der Waals surface area contributed by atoms with Crippen molar-refractivity contribution in [2.45, 2.75) is 39.0 Å². The molecule has 0 aromatic rings. The van der Waals surface area contributed by atoms with Crippen LogP contribution in [0.15, 0.2) is 0 Å². The third-order valence-corrected chi connectivity index (χ3v) is 4.59. The molecule has 2 rings (SSSR count). The maximum absolute atomic E-state index is 12.5. The Labute approximate surface area is 125 Å². The summed E-state index contributed by atoms with van der Waals surface area (Å²) in [5.41, 5.74) is 0. The number of carbonyl (C=O) groups is 3. The predicted octanol–water partition coefficient (Wildman–Crippen LogP) is 0.958. The van der Waals surface area contributed by atoms with Crippen LogP contribution in [0.25, 0.3) is 0 Å². The highest BCUT2D eigenvalue weighted by molar-refractivity contribution is 5.81. The number of carbonyl (C=O) groups excluding carboxylic acids is 2. The van der Waals surface area contributed by atoms with Gasteiger partial charge < -0.3 is 14.9 Å². The van der Waals surface area contributed by atoms with Crippen LogP contribution in [0.3, 0.4) is 0 Å². The molecule has 2 amide bonds. The van der Waals surface area contributed by atoms with E-state index in [1.54, 1.807) is 0 Å². The van der Waals surface area contributed by atoms with E-state index < -0.39 is 5.97 Å². The lowest BCUT2D eigenvalue weighted by atomic mass is 10.0. The fraction of sp³-hybridized carbons (Fsp3) is 0.800. The van der Waals surface area contributed by atoms with Crippen molar-refractivity contribution >= 4 is 17.8 Å². The summed E-state index contributed by atoms with van der Waals surface area (Å²) in [7, 11) is 0. The van der Waals surface area contributed by atoms with Crippen LogP contribution in [-0.4, -0.2) is 58.9 Å². The van der Waals surface area contributed by atoms with Gasteiger partial charge >= 0.3 is 5.97 Å². The average molecular weight is 296 g/mol. The van der Waals surface area contributed by atoms with E-state index >= 15 is 0 Å². The lowest BCUT2D eigenvalue weighted by Crippen LogP contribution is -2.39. The van der Waals surface area contributed by atoms with Crippen molar-refractivity contribution in [2.24, 2.45) is 11.8 Å². The van der Waals surface area contributed by atoms with E-state index in [9.17, 15) is 14.4 Å². The van der Waals surface area contributed by atoms with E-state index in [1.165, 1.54) is 0 Å². The number of amides is 2. The van der Waals surface area contributed by atoms with Crippen LogP contribution in [0, 0.1) is 11.8 Å². The van der Waals surface area contributed by atoms with Crippen LogP contribution in [0.4, 0.5) is 0 Å². The van der Waals surface area contributed by atoms with E-state index in [0.29, 0.717) is 51.9 Å². The van der Waals surface area contributed by atoms with Crippen molar-refractivity contribution in [1.29, 1.82) is 0 Å². The summed E-state index contributed by atoms with van der Waals surface area (Å²) in [5, 5.41) is 9.02. The number of nitrogens with zero attached hydrogens (tertiary/aromatic N) is 2. The molecule has 1 aliphatic heterocycles. The molecule has 21 heavy (non-hydrogen) atoms. The molecule has 6 heteroatoms. The summed E-state index contributed by atoms with van der Waals surface area (Å²) in [6.07, 6.45) is 3.02. The summed E-state index contributed by atoms with van der Waals surface area (Å²) in [6.45, 7) is 4.38. The Morgan fingerprint density at radius 2 is 1.62 bits per heavy atom. The first kappa shape index (κ1) is 15.8. The Morgan fingerprint density at radius 1 is 1.00 bits per heavy atom. The Hall–Kier alpha value is -1.59. The van der Waals surface area contributed by atoms with Gasteiger partial charge in [-0.3, -0.25) is 14.4 Å². The predicted molar refractivity (Wildman–Crippen MR) is 76.5 cm³/mol. The minimum atomic E-state index is -0.791. The molecule has 0 radical (unpaired) electrons. The number of carboxylic acids is 1. The first-order valence-corrected chi connectivity index (χ1v) is 7.82. The van der Waals surface area contributed by atoms with Crippen LogP contribution >= 0.6 is 0 Å². The van der Waals surface area contributed by atoms with Crippen LogP contribution in [0.2, 0.25) is 0 Å². The second kappa shape index (κ2) is 6.91. The van der Waals surface area contributed by atoms with Gasteiger partial charge in [0, 0.05) is 38.5 Å². The van der Waals surface area contributed by atoms with Crippen LogP contribution in [0.5, 0.6) is 0 Å². The zero-order chi connectivity index (χ0) is 15.4. The van der Waals surface area contributed by atoms with E-state index in [0.717, 1.165) is 6.42 Å². The van der Waals surface area contributed by atoms with Gasteiger partial charge in [0.2, 0.25) is 11.8 Å². The molecule has 2 aliphatic rings. The van der Waals surface area contributed by atoms with Gasteiger partial charge in [0.15, 0.2) is 0 Å². The van der Waals surface area contributed by atoms with Crippen molar-refractivity contribution in [3.63, 3.8) is 0 Å². The Kier molecular flexibility index (Phi) is 5.20. The fourth-order valence-electron chi connectivity index (χ4n) is 3.30. The van der Waals surface area contributed by atoms with Gasteiger partial charge in [-0.1, -0.05) is 6.92 Å². The second-order valence-electron chi connectivity index (χ2n) is 5.96. The minimum Gasteiger partial charge on any atom is -0.481 e. The number of hydrogen-bond donors (Lipinski definition) is 1. The van der Waals surface area contributed by atoms with Crippen molar-refractivity contribution < 1.29 is 19.5 Å². The van der Waals surface area contributed by atoms with Gasteiger partial charge in [0.25, 0.3) is 0 Å². The van der Waals surface area contributed by atoms with Gasteiger partial charge in [-0.25, -0.2) is 0 Å². The maximum atomic E-state index is 12.5. The van der Waals surface area contributed by atoms with Gasteiger partial charge in [-0.15, -0.1) is 0 Å². The summed E-state index contributed by atoms with van der Waals surface area (Å²) in [5.74, 6) is -1.11. The zero-order valence-electron chi connectivity index (χ0n) is 12.6. The van der Waals surface area contributed by atoms with E-state index in [2.05, 4.69) is 0 Å². The molecule has 1 saturated heterocycles. The lowest BCUT2D eigenvalue weighted by Gasteiger charge is -2.24. The Morgan fingerprint density at radius 3 is 2.24 bits per heavy atom. The first-order chi connectivity index (χ1) is 10.0. The summed E-state index contributed by atoms with van der Waals surface area (Å²) in [4.78, 5) is 38.8. The highest BCUT2D eigenvalue weighted by atomic mass is 16.4. The van der Waals surface area contributed by atoms with Gasteiger partial charge in [-0.2, -0.15) is 0 Å². The molecule has 2 fully saturated rings. The third-order valence-electron chi connectivity index (χ3n) is 4.59. The number of hydrogen-bond acceptors (Lipinski definition) is 3. The van der Waals surface area contributed by atoms with Crippen molar-refractivity contribution in [1.82, 2.24) is 9.80 Å². The van der Waals surface area contributed by atoms with E-state index in [-0.39, 0.29) is 23.7 Å². The smallest absolute Gasteiger partial charge is 0.306 e. The van der Waals surface area contributed by atoms with Crippen molar-refractivity contribution in [2.75, 3.05) is 26.2 Å². The van der Waals surface area contributed by atoms with Crippen LogP contribution in [-0.2, 0) is 14.4 Å². The molecule has 2 unspecified atom stereocenters. The Bertz CT molecular complexity index is 424. The molecule has 0 spiro atoms. The molecule has 0 aromatic carbocycles. The summed E-state index contributed by atoms with van der Waals surface area (Å²) >= 11 is 0. The topological polar surface area (TPSA) is 77.9 Å². The van der Waals surface area contributed by atoms with E-state index in [4.69, 9.17) is 5.11 Å². The van der Waals surface area contributed by atoms with Crippen LogP contribution in [0.1, 0.15) is 39.0 Å². The molecular formula is C15H24N2O4. The number of aliphatic carboxylic acids is 1. The van der Waals surface area contributed by atoms with Gasteiger partial charge in [-0.05, 0) is 25.7 Å². The molecule has 2 atom stereocenters. The molecule has 1 heterocycles. The number of rotatable bonds is 3. The highest BCUT2D eigenvalue weighted by Gasteiger charge is 2.36. The maximum Gasteiger partial charge on any atom is 0.306 e. The van der Waals surface area contributed by atoms with Crippen molar-refractivity contribution in [3.05, 3.63) is 0 Å². The summed E-state index contributed by atoms with van der Waals surface area (Å²) in [6, 6.07) is 0. The SMILES string of the molecule is CCC(=O)N1CCCN(C(=O)C2CCC(C(=O)O)C2)CC1. The third kappa shape index (κ3) is 3.74. The quantitative estimate of drug-likeness (QED) is 0.841. The monoisotopic (exact) mass is 296 g/mol. The van der Waals surface area contributed by atoms with Gasteiger partial charge in [0.1, 0.15) is 0 Å². The first-order valence-electron chi connectivity index (χ1n) is 7.82. The molecule has 118 valence electrons. The van der Waals surface area contributed by atoms with Crippen LogP contribution < -0.4 is 0 Å². The molecule has 0 aromatic heterocycles. The molecule has 0 bridgehead atoms. The molecular weight excluding hydrogens is 272 g/mol. The number of carboxylic acid groups (broad SMARTS) is 1. The molecule has 1 N–H and O–H groups in total. The lowest BCUT2D eigenvalue weighted by molar-refractivity contribution is -0.142. The molecule has 1 saturated carbocycles. The fourth-order valence-corrected chi connectivity index (χ4v) is 3.30. The Balaban J connectivity index is 1.89. The van der Waals surface area contributed by atoms with E-state index in [1.807, 2.05) is 16.7 Å². The average Bonchev–Trinajstić information content (AvgIpc) is 2.84. The second-order valence-corrected chi connectivity index (χ2v) is 5.96. The minimum absolute atomic E-state index is 0.0737. The zero-order valence-corrected chi connectivity index (χ0v) is 12.6. The normalized spacial score (nSPS) is 26.5. The highest BCUT2D eigenvalue weighted by Crippen LogP contribution is 2.32. The molecule has 6 nitrogen and oxygen atoms in total. The largest absolute Gasteiger partial charge is 0.481 e. The van der Waals surface area contributed by atoms with Gasteiger partial charge in [0.05, 0.1) is 5.92 Å². The standard InChI is InChI=1S/C15H24N2O4/c1-2-13(18)16-6-3-7-17(9-8-16)14(19)11-4-5-12(10-11)15(20)21/h11-12H,2-10H2,1H3,(H,20,21). The van der Waals surface area contributed by atoms with Crippen molar-refractivity contribution in [3.8, 4) is 0 Å². The summed E-state index contributed by atoms with van der Waals surface area (Å²) < 4.78 is 0.